The Bertz CT molecular complexity index is 152. The van der Waals surface area contributed by atoms with Crippen molar-refractivity contribution in [2.45, 2.75) is 38.5 Å². The normalized spacial score (nSPS) is 25.3. The van der Waals surface area contributed by atoms with E-state index in [1.54, 1.807) is 0 Å². The summed E-state index contributed by atoms with van der Waals surface area (Å²) in [5.41, 5.74) is 0. The number of hydrogen-bond donors (Lipinski definition) is 0. The van der Waals surface area contributed by atoms with Gasteiger partial charge in [0.05, 0.1) is 0 Å². The van der Waals surface area contributed by atoms with Crippen LogP contribution in [0.25, 0.3) is 0 Å². The summed E-state index contributed by atoms with van der Waals surface area (Å²) >= 11 is 0. The summed E-state index contributed by atoms with van der Waals surface area (Å²) in [6.45, 7) is 0. The second-order valence-electron chi connectivity index (χ2n) is 3.17. The van der Waals surface area contributed by atoms with Gasteiger partial charge in [-0.3, -0.25) is 0 Å². The summed E-state index contributed by atoms with van der Waals surface area (Å²) in [6.07, 6.45) is 21.0. The standard InChI is InChI=1S/C12H18/c1-2-4-6-8-10-12-11-9-7-5-3-1/h1-2,5-8H,3-4,9-12H2/b2-1+,7-5+,8-6?. The van der Waals surface area contributed by atoms with Crippen molar-refractivity contribution < 1.29 is 0 Å². The quantitative estimate of drug-likeness (QED) is 0.472. The molecule has 0 heterocycles. The molecule has 66 valence electrons. The Morgan fingerprint density at radius 1 is 0.500 bits per heavy atom. The fraction of sp³-hybridized carbons (Fsp3) is 0.500. The first-order valence-electron chi connectivity index (χ1n) is 4.95. The third kappa shape index (κ3) is 4.95. The highest BCUT2D eigenvalue weighted by Gasteiger charge is 1.84. The Morgan fingerprint density at radius 2 is 0.917 bits per heavy atom. The van der Waals surface area contributed by atoms with Gasteiger partial charge in [0.1, 0.15) is 0 Å². The van der Waals surface area contributed by atoms with Crippen LogP contribution in [0.5, 0.6) is 0 Å². The summed E-state index contributed by atoms with van der Waals surface area (Å²) in [4.78, 5) is 0. The van der Waals surface area contributed by atoms with Crippen LogP contribution in [0.3, 0.4) is 0 Å². The largest absolute Gasteiger partial charge is 0.0882 e. The van der Waals surface area contributed by atoms with Crippen molar-refractivity contribution in [3.8, 4) is 0 Å². The molecule has 0 atom stereocenters. The van der Waals surface area contributed by atoms with E-state index in [1.165, 1.54) is 25.7 Å². The fourth-order valence-corrected chi connectivity index (χ4v) is 1.30. The number of rotatable bonds is 0. The molecule has 0 bridgehead atoms. The first-order valence-corrected chi connectivity index (χ1v) is 4.95. The Hall–Kier alpha value is -0.780. The fourth-order valence-electron chi connectivity index (χ4n) is 1.30. The van der Waals surface area contributed by atoms with Crippen LogP contribution in [0.1, 0.15) is 38.5 Å². The summed E-state index contributed by atoms with van der Waals surface area (Å²) in [5, 5.41) is 0. The first kappa shape index (κ1) is 9.31. The molecule has 0 saturated carbocycles. The number of allylic oxidation sites excluding steroid dienone is 6. The molecule has 0 heteroatoms. The van der Waals surface area contributed by atoms with E-state index in [1.807, 2.05) is 0 Å². The second-order valence-corrected chi connectivity index (χ2v) is 3.17. The molecule has 0 aromatic heterocycles. The van der Waals surface area contributed by atoms with Crippen LogP contribution in [0, 0.1) is 0 Å². The molecule has 12 heavy (non-hydrogen) atoms. The Morgan fingerprint density at radius 3 is 1.42 bits per heavy atom. The van der Waals surface area contributed by atoms with Crippen LogP contribution in [-0.2, 0) is 0 Å². The highest BCUT2D eigenvalue weighted by Crippen LogP contribution is 2.04. The molecule has 0 aromatic rings. The van der Waals surface area contributed by atoms with Crippen LogP contribution in [0.2, 0.25) is 0 Å². The molecule has 0 saturated heterocycles. The third-order valence-electron chi connectivity index (χ3n) is 2.04. The Balaban J connectivity index is 2.31. The van der Waals surface area contributed by atoms with E-state index in [2.05, 4.69) is 36.5 Å². The van der Waals surface area contributed by atoms with Gasteiger partial charge in [0, 0.05) is 0 Å². The minimum Gasteiger partial charge on any atom is -0.0882 e. The lowest BCUT2D eigenvalue weighted by atomic mass is 10.1. The molecule has 1 aliphatic rings. The first-order chi connectivity index (χ1) is 6.00. The molecule has 0 aromatic carbocycles. The third-order valence-corrected chi connectivity index (χ3v) is 2.04. The van der Waals surface area contributed by atoms with E-state index >= 15 is 0 Å². The molecule has 0 amide bonds. The topological polar surface area (TPSA) is 0 Å². The average Bonchev–Trinajstić information content (AvgIpc) is 2.05. The van der Waals surface area contributed by atoms with E-state index in [4.69, 9.17) is 0 Å². The SMILES string of the molecule is C1=CCCCC/C=C/C/C=C/C1. The second kappa shape index (κ2) is 6.90. The molecule has 0 N–H and O–H groups in total. The van der Waals surface area contributed by atoms with Crippen molar-refractivity contribution in [1.29, 1.82) is 0 Å². The zero-order valence-electron chi connectivity index (χ0n) is 7.71. The molecule has 1 aliphatic carbocycles. The molecule has 0 aliphatic heterocycles. The van der Waals surface area contributed by atoms with Crippen molar-refractivity contribution in [1.82, 2.24) is 0 Å². The van der Waals surface area contributed by atoms with Crippen LogP contribution in [0.4, 0.5) is 0 Å². The maximum absolute atomic E-state index is 2.30. The summed E-state index contributed by atoms with van der Waals surface area (Å²) < 4.78 is 0. The zero-order valence-corrected chi connectivity index (χ0v) is 7.71. The van der Waals surface area contributed by atoms with Crippen LogP contribution in [0.15, 0.2) is 36.5 Å². The van der Waals surface area contributed by atoms with Gasteiger partial charge < -0.3 is 0 Å². The van der Waals surface area contributed by atoms with Crippen LogP contribution < -0.4 is 0 Å². The lowest BCUT2D eigenvalue weighted by molar-refractivity contribution is 0.760. The Kier molecular flexibility index (Phi) is 5.35. The molecule has 0 fully saturated rings. The van der Waals surface area contributed by atoms with Crippen LogP contribution >= 0.6 is 0 Å². The predicted molar refractivity (Wildman–Crippen MR) is 55.1 cm³/mol. The molecule has 0 spiro atoms. The van der Waals surface area contributed by atoms with Gasteiger partial charge in [-0.25, -0.2) is 0 Å². The highest BCUT2D eigenvalue weighted by atomic mass is 13.9. The van der Waals surface area contributed by atoms with E-state index in [9.17, 15) is 0 Å². The molecule has 0 unspecified atom stereocenters. The van der Waals surface area contributed by atoms with Crippen molar-refractivity contribution in [2.75, 3.05) is 0 Å². The summed E-state index contributed by atoms with van der Waals surface area (Å²) in [5.74, 6) is 0. The molecule has 1 rings (SSSR count). The van der Waals surface area contributed by atoms with Crippen molar-refractivity contribution in [2.24, 2.45) is 0 Å². The summed E-state index contributed by atoms with van der Waals surface area (Å²) in [6, 6.07) is 0. The van der Waals surface area contributed by atoms with Gasteiger partial charge in [0.2, 0.25) is 0 Å². The molecular weight excluding hydrogens is 144 g/mol. The maximum atomic E-state index is 2.30. The van der Waals surface area contributed by atoms with E-state index in [-0.39, 0.29) is 0 Å². The molecule has 0 nitrogen and oxygen atoms in total. The summed E-state index contributed by atoms with van der Waals surface area (Å²) in [7, 11) is 0. The van der Waals surface area contributed by atoms with Gasteiger partial charge in [-0.05, 0) is 38.5 Å². The van der Waals surface area contributed by atoms with Gasteiger partial charge >= 0.3 is 0 Å². The average molecular weight is 162 g/mol. The van der Waals surface area contributed by atoms with Gasteiger partial charge in [0.25, 0.3) is 0 Å². The van der Waals surface area contributed by atoms with E-state index in [0.717, 1.165) is 12.8 Å². The van der Waals surface area contributed by atoms with E-state index < -0.39 is 0 Å². The molecule has 0 radical (unpaired) electrons. The predicted octanol–water partition coefficient (Wildman–Crippen LogP) is 4.01. The smallest absolute Gasteiger partial charge is 0.0169 e. The van der Waals surface area contributed by atoms with Crippen LogP contribution in [-0.4, -0.2) is 0 Å². The minimum atomic E-state index is 1.10. The zero-order chi connectivity index (χ0) is 8.49. The van der Waals surface area contributed by atoms with Gasteiger partial charge in [-0.15, -0.1) is 0 Å². The lowest BCUT2D eigenvalue weighted by Crippen LogP contribution is -1.73. The molecular formula is C12H18. The minimum absolute atomic E-state index is 1.10. The van der Waals surface area contributed by atoms with Gasteiger partial charge in [-0.2, -0.15) is 0 Å². The monoisotopic (exact) mass is 162 g/mol. The van der Waals surface area contributed by atoms with Gasteiger partial charge in [0.15, 0.2) is 0 Å². The van der Waals surface area contributed by atoms with Crippen molar-refractivity contribution in [3.05, 3.63) is 36.5 Å². The van der Waals surface area contributed by atoms with E-state index in [0.29, 0.717) is 0 Å². The lowest BCUT2D eigenvalue weighted by Gasteiger charge is -1.94. The van der Waals surface area contributed by atoms with Crippen molar-refractivity contribution >= 4 is 0 Å². The number of hydrogen-bond acceptors (Lipinski definition) is 0. The van der Waals surface area contributed by atoms with Crippen molar-refractivity contribution in [3.63, 3.8) is 0 Å². The highest BCUT2D eigenvalue weighted by molar-refractivity contribution is 4.97. The van der Waals surface area contributed by atoms with Gasteiger partial charge in [-0.1, -0.05) is 36.5 Å². The maximum Gasteiger partial charge on any atom is -0.0169 e. The Labute approximate surface area is 75.7 Å².